The molecule has 0 unspecified atom stereocenters. The van der Waals surface area contributed by atoms with Crippen LogP contribution < -0.4 is 0 Å². The lowest BCUT2D eigenvalue weighted by Crippen LogP contribution is -2.21. The van der Waals surface area contributed by atoms with Gasteiger partial charge in [-0.1, -0.05) is 26.0 Å². The summed E-state index contributed by atoms with van der Waals surface area (Å²) in [7, 11) is 0. The summed E-state index contributed by atoms with van der Waals surface area (Å²) in [4.78, 5) is 4.29. The molecule has 0 saturated carbocycles. The van der Waals surface area contributed by atoms with Gasteiger partial charge in [0, 0.05) is 22.7 Å². The molecule has 0 saturated heterocycles. The maximum absolute atomic E-state index is 9.35. The Morgan fingerprint density at radius 3 is 2.62 bits per heavy atom. The number of rotatable bonds is 2. The van der Waals surface area contributed by atoms with E-state index >= 15 is 0 Å². The highest BCUT2D eigenvalue weighted by Gasteiger charge is 2.19. The SMILES string of the molecule is Cc1cc2ccc(C(C)(C)CO)cc2cn1. The zero-order valence-electron chi connectivity index (χ0n) is 9.99. The normalized spacial score (nSPS) is 12.0. The summed E-state index contributed by atoms with van der Waals surface area (Å²) < 4.78 is 0. The Hall–Kier alpha value is -1.41. The van der Waals surface area contributed by atoms with E-state index in [2.05, 4.69) is 29.2 Å². The minimum absolute atomic E-state index is 0.151. The van der Waals surface area contributed by atoms with Gasteiger partial charge in [0.25, 0.3) is 0 Å². The van der Waals surface area contributed by atoms with Crippen molar-refractivity contribution in [2.45, 2.75) is 26.2 Å². The molecule has 2 rings (SSSR count). The molecule has 2 aromatic rings. The first-order valence-electron chi connectivity index (χ1n) is 5.51. The molecule has 2 nitrogen and oxygen atoms in total. The molecule has 1 aromatic carbocycles. The van der Waals surface area contributed by atoms with Crippen LogP contribution in [0, 0.1) is 6.92 Å². The second kappa shape index (κ2) is 3.87. The monoisotopic (exact) mass is 215 g/mol. The third-order valence-electron chi connectivity index (χ3n) is 3.04. The average molecular weight is 215 g/mol. The molecule has 0 aliphatic rings. The highest BCUT2D eigenvalue weighted by atomic mass is 16.3. The first kappa shape index (κ1) is 11.1. The molecule has 0 radical (unpaired) electrons. The molecule has 2 heteroatoms. The number of aryl methyl sites for hydroxylation is 1. The van der Waals surface area contributed by atoms with Crippen LogP contribution >= 0.6 is 0 Å². The second-order valence-corrected chi connectivity index (χ2v) is 4.93. The van der Waals surface area contributed by atoms with Crippen LogP contribution in [0.15, 0.2) is 30.5 Å². The number of hydrogen-bond acceptors (Lipinski definition) is 2. The quantitative estimate of drug-likeness (QED) is 0.835. The van der Waals surface area contributed by atoms with Crippen LogP contribution in [0.5, 0.6) is 0 Å². The van der Waals surface area contributed by atoms with Crippen LogP contribution in [0.3, 0.4) is 0 Å². The van der Waals surface area contributed by atoms with E-state index in [0.29, 0.717) is 0 Å². The fourth-order valence-electron chi connectivity index (χ4n) is 1.76. The minimum Gasteiger partial charge on any atom is -0.395 e. The molecule has 0 bridgehead atoms. The summed E-state index contributed by atoms with van der Waals surface area (Å²) in [6.45, 7) is 6.22. The molecule has 0 spiro atoms. The van der Waals surface area contributed by atoms with Crippen LogP contribution in [-0.2, 0) is 5.41 Å². The maximum atomic E-state index is 9.35. The highest BCUT2D eigenvalue weighted by molar-refractivity contribution is 5.82. The van der Waals surface area contributed by atoms with Crippen molar-refractivity contribution in [3.05, 3.63) is 41.7 Å². The molecule has 1 N–H and O–H groups in total. The van der Waals surface area contributed by atoms with Gasteiger partial charge in [0.05, 0.1) is 6.61 Å². The average Bonchev–Trinajstić information content (AvgIpc) is 2.28. The third kappa shape index (κ3) is 1.93. The Labute approximate surface area is 96.0 Å². The van der Waals surface area contributed by atoms with Crippen molar-refractivity contribution in [2.75, 3.05) is 6.61 Å². The fraction of sp³-hybridized carbons (Fsp3) is 0.357. The summed E-state index contributed by atoms with van der Waals surface area (Å²) in [5.41, 5.74) is 1.98. The van der Waals surface area contributed by atoms with Gasteiger partial charge in [-0.05, 0) is 30.0 Å². The van der Waals surface area contributed by atoms with Gasteiger partial charge in [-0.3, -0.25) is 4.98 Å². The van der Waals surface area contributed by atoms with Crippen LogP contribution in [0.2, 0.25) is 0 Å². The molecule has 1 heterocycles. The summed E-state index contributed by atoms with van der Waals surface area (Å²) in [6, 6.07) is 8.36. The van der Waals surface area contributed by atoms with Crippen molar-refractivity contribution >= 4 is 10.8 Å². The number of pyridine rings is 1. The number of aliphatic hydroxyl groups is 1. The first-order valence-corrected chi connectivity index (χ1v) is 5.51. The van der Waals surface area contributed by atoms with Crippen LogP contribution in [0.25, 0.3) is 10.8 Å². The zero-order chi connectivity index (χ0) is 11.8. The van der Waals surface area contributed by atoms with Gasteiger partial charge in [-0.15, -0.1) is 0 Å². The van der Waals surface area contributed by atoms with Crippen molar-refractivity contribution < 1.29 is 5.11 Å². The molecular formula is C14H17NO. The summed E-state index contributed by atoms with van der Waals surface area (Å²) in [5, 5.41) is 11.7. The zero-order valence-corrected chi connectivity index (χ0v) is 9.99. The van der Waals surface area contributed by atoms with E-state index in [4.69, 9.17) is 0 Å². The largest absolute Gasteiger partial charge is 0.395 e. The van der Waals surface area contributed by atoms with Crippen LogP contribution in [-0.4, -0.2) is 16.7 Å². The Morgan fingerprint density at radius 1 is 1.19 bits per heavy atom. The van der Waals surface area contributed by atoms with E-state index in [1.807, 2.05) is 27.0 Å². The number of aromatic nitrogens is 1. The van der Waals surface area contributed by atoms with Gasteiger partial charge in [0.2, 0.25) is 0 Å². The summed E-state index contributed by atoms with van der Waals surface area (Å²) in [6.07, 6.45) is 1.89. The van der Waals surface area contributed by atoms with Gasteiger partial charge < -0.3 is 5.11 Å². The molecule has 0 aliphatic heterocycles. The van der Waals surface area contributed by atoms with Gasteiger partial charge in [0.15, 0.2) is 0 Å². The standard InChI is InChI=1S/C14H17NO/c1-10-6-11-4-5-13(14(2,3)9-16)7-12(11)8-15-10/h4-8,16H,9H2,1-3H3. The summed E-state index contributed by atoms with van der Waals surface area (Å²) >= 11 is 0. The molecule has 16 heavy (non-hydrogen) atoms. The second-order valence-electron chi connectivity index (χ2n) is 4.93. The molecule has 0 amide bonds. The molecule has 84 valence electrons. The predicted molar refractivity (Wildman–Crippen MR) is 66.6 cm³/mol. The van der Waals surface area contributed by atoms with Gasteiger partial charge in [0.1, 0.15) is 0 Å². The highest BCUT2D eigenvalue weighted by Crippen LogP contribution is 2.26. The summed E-state index contributed by atoms with van der Waals surface area (Å²) in [5.74, 6) is 0. The molecule has 0 aliphatic carbocycles. The third-order valence-corrected chi connectivity index (χ3v) is 3.04. The number of hydrogen-bond donors (Lipinski definition) is 1. The van der Waals surface area contributed by atoms with E-state index in [-0.39, 0.29) is 12.0 Å². The minimum atomic E-state index is -0.195. The topological polar surface area (TPSA) is 33.1 Å². The van der Waals surface area contributed by atoms with E-state index in [9.17, 15) is 5.11 Å². The Morgan fingerprint density at radius 2 is 1.94 bits per heavy atom. The number of nitrogens with zero attached hydrogens (tertiary/aromatic N) is 1. The predicted octanol–water partition coefficient (Wildman–Crippen LogP) is 2.81. The van der Waals surface area contributed by atoms with Gasteiger partial charge >= 0.3 is 0 Å². The molecular weight excluding hydrogens is 198 g/mol. The Kier molecular flexibility index (Phi) is 2.68. The van der Waals surface area contributed by atoms with Gasteiger partial charge in [-0.2, -0.15) is 0 Å². The Balaban J connectivity index is 2.57. The van der Waals surface area contributed by atoms with Crippen molar-refractivity contribution in [2.24, 2.45) is 0 Å². The fourth-order valence-corrected chi connectivity index (χ4v) is 1.76. The number of aliphatic hydroxyl groups excluding tert-OH is 1. The lowest BCUT2D eigenvalue weighted by molar-refractivity contribution is 0.218. The van der Waals surface area contributed by atoms with Crippen molar-refractivity contribution in [3.63, 3.8) is 0 Å². The Bertz CT molecular complexity index is 517. The first-order chi connectivity index (χ1) is 7.53. The molecule has 0 fully saturated rings. The lowest BCUT2D eigenvalue weighted by atomic mass is 9.85. The van der Waals surface area contributed by atoms with Crippen molar-refractivity contribution in [1.29, 1.82) is 0 Å². The van der Waals surface area contributed by atoms with E-state index in [1.165, 1.54) is 5.39 Å². The smallest absolute Gasteiger partial charge is 0.0522 e. The van der Waals surface area contributed by atoms with Crippen molar-refractivity contribution in [3.8, 4) is 0 Å². The van der Waals surface area contributed by atoms with E-state index < -0.39 is 0 Å². The van der Waals surface area contributed by atoms with Crippen LogP contribution in [0.4, 0.5) is 0 Å². The molecule has 1 aromatic heterocycles. The van der Waals surface area contributed by atoms with E-state index in [1.54, 1.807) is 0 Å². The van der Waals surface area contributed by atoms with Crippen molar-refractivity contribution in [1.82, 2.24) is 4.98 Å². The van der Waals surface area contributed by atoms with E-state index in [0.717, 1.165) is 16.6 Å². The maximum Gasteiger partial charge on any atom is 0.0522 e. The van der Waals surface area contributed by atoms with Crippen LogP contribution in [0.1, 0.15) is 25.1 Å². The number of benzene rings is 1. The van der Waals surface area contributed by atoms with Gasteiger partial charge in [-0.25, -0.2) is 0 Å². The lowest BCUT2D eigenvalue weighted by Gasteiger charge is -2.22. The molecule has 0 atom stereocenters. The number of fused-ring (bicyclic) bond motifs is 1.